The Morgan fingerprint density at radius 2 is 0.564 bits per heavy atom. The first-order chi connectivity index (χ1) is 18.4. The first-order valence-corrected chi connectivity index (χ1v) is 14.6. The molecule has 0 aromatic rings. The zero-order chi connectivity index (χ0) is 29.6. The highest BCUT2D eigenvalue weighted by molar-refractivity contribution is 4.60. The van der Waals surface area contributed by atoms with E-state index in [0.29, 0.717) is 66.1 Å². The molecule has 39 heavy (non-hydrogen) atoms. The predicted octanol–water partition coefficient (Wildman–Crippen LogP) is 3.64. The van der Waals surface area contributed by atoms with Gasteiger partial charge in [0.15, 0.2) is 0 Å². The van der Waals surface area contributed by atoms with Crippen LogP contribution in [0.4, 0.5) is 0 Å². The molecule has 0 bridgehead atoms. The second kappa shape index (κ2) is 24.2. The second-order valence-electron chi connectivity index (χ2n) is 10.7. The SMILES string of the molecule is CCOCC(C)OCC(C)OCC(C)OCC(C)OCC(C)OCC(C)OCC(C)OCC(C)OCC(C)O. The molecule has 0 aliphatic carbocycles. The number of hydrogen-bond donors (Lipinski definition) is 1. The molecule has 0 fully saturated rings. The standard InChI is InChI=1S/C29H60O10/c1-11-31-13-22(3)33-15-24(5)35-17-26(7)37-19-28(9)39-20-29(10)38-18-27(8)36-16-25(6)34-14-23(4)32-12-21(2)30/h21-30H,11-20H2,1-10H3. The van der Waals surface area contributed by atoms with E-state index in [0.717, 1.165) is 0 Å². The molecule has 0 aromatic carbocycles. The van der Waals surface area contributed by atoms with E-state index in [1.54, 1.807) is 6.92 Å². The maximum Gasteiger partial charge on any atom is 0.0781 e. The molecule has 0 aliphatic rings. The van der Waals surface area contributed by atoms with Crippen LogP contribution in [0.5, 0.6) is 0 Å². The van der Waals surface area contributed by atoms with Gasteiger partial charge in [0.25, 0.3) is 0 Å². The van der Waals surface area contributed by atoms with Crippen molar-refractivity contribution in [3.05, 3.63) is 0 Å². The highest BCUT2D eigenvalue weighted by Gasteiger charge is 2.14. The molecule has 236 valence electrons. The Balaban J connectivity index is 3.86. The van der Waals surface area contributed by atoms with Crippen LogP contribution in [0.25, 0.3) is 0 Å². The summed E-state index contributed by atoms with van der Waals surface area (Å²) in [4.78, 5) is 0. The molecule has 0 aromatic heterocycles. The van der Waals surface area contributed by atoms with Crippen LogP contribution in [-0.4, -0.2) is 126 Å². The number of ether oxygens (including phenoxy) is 9. The highest BCUT2D eigenvalue weighted by atomic mass is 16.6. The van der Waals surface area contributed by atoms with Crippen LogP contribution in [0, 0.1) is 0 Å². The lowest BCUT2D eigenvalue weighted by atomic mass is 10.3. The van der Waals surface area contributed by atoms with Crippen molar-refractivity contribution in [2.45, 2.75) is 124 Å². The quantitative estimate of drug-likeness (QED) is 0.158. The number of hydrogen-bond acceptors (Lipinski definition) is 10. The zero-order valence-corrected chi connectivity index (χ0v) is 26.4. The Bertz CT molecular complexity index is 538. The van der Waals surface area contributed by atoms with Crippen molar-refractivity contribution < 1.29 is 47.7 Å². The molecular weight excluding hydrogens is 508 g/mol. The molecule has 0 aliphatic heterocycles. The van der Waals surface area contributed by atoms with Gasteiger partial charge in [0.2, 0.25) is 0 Å². The Kier molecular flexibility index (Phi) is 24.0. The van der Waals surface area contributed by atoms with Crippen LogP contribution in [0.2, 0.25) is 0 Å². The topological polar surface area (TPSA) is 103 Å². The van der Waals surface area contributed by atoms with Crippen LogP contribution in [-0.2, 0) is 42.6 Å². The van der Waals surface area contributed by atoms with Crippen molar-refractivity contribution in [2.75, 3.05) is 66.1 Å². The van der Waals surface area contributed by atoms with Crippen molar-refractivity contribution in [3.63, 3.8) is 0 Å². The van der Waals surface area contributed by atoms with Crippen LogP contribution in [0.1, 0.15) is 69.2 Å². The molecule has 0 rings (SSSR count). The molecule has 0 saturated heterocycles. The molecule has 9 atom stereocenters. The lowest BCUT2D eigenvalue weighted by molar-refractivity contribution is -0.110. The molecule has 0 amide bonds. The fraction of sp³-hybridized carbons (Fsp3) is 1.00. The minimum Gasteiger partial charge on any atom is -0.391 e. The van der Waals surface area contributed by atoms with E-state index in [4.69, 9.17) is 42.6 Å². The van der Waals surface area contributed by atoms with Crippen LogP contribution in [0.15, 0.2) is 0 Å². The number of aliphatic hydroxyl groups excluding tert-OH is 1. The van der Waals surface area contributed by atoms with Gasteiger partial charge in [0.05, 0.1) is 114 Å². The van der Waals surface area contributed by atoms with Crippen molar-refractivity contribution in [3.8, 4) is 0 Å². The van der Waals surface area contributed by atoms with E-state index >= 15 is 0 Å². The van der Waals surface area contributed by atoms with Gasteiger partial charge in [0.1, 0.15) is 0 Å². The summed E-state index contributed by atoms with van der Waals surface area (Å²) < 4.78 is 51.6. The van der Waals surface area contributed by atoms with E-state index in [-0.39, 0.29) is 48.8 Å². The van der Waals surface area contributed by atoms with E-state index in [1.165, 1.54) is 0 Å². The van der Waals surface area contributed by atoms with Gasteiger partial charge >= 0.3 is 0 Å². The second-order valence-corrected chi connectivity index (χ2v) is 10.7. The minimum atomic E-state index is -0.479. The average molecular weight is 569 g/mol. The summed E-state index contributed by atoms with van der Waals surface area (Å²) in [6, 6.07) is 0. The van der Waals surface area contributed by atoms with Gasteiger partial charge in [-0.15, -0.1) is 0 Å². The number of aliphatic hydroxyl groups is 1. The maximum absolute atomic E-state index is 9.27. The van der Waals surface area contributed by atoms with E-state index in [9.17, 15) is 5.11 Å². The van der Waals surface area contributed by atoms with Gasteiger partial charge in [-0.3, -0.25) is 0 Å². The van der Waals surface area contributed by atoms with Gasteiger partial charge in [-0.2, -0.15) is 0 Å². The fourth-order valence-electron chi connectivity index (χ4n) is 3.07. The lowest BCUT2D eigenvalue weighted by Crippen LogP contribution is -2.30. The average Bonchev–Trinajstić information content (AvgIpc) is 2.90. The van der Waals surface area contributed by atoms with E-state index < -0.39 is 6.10 Å². The predicted molar refractivity (Wildman–Crippen MR) is 151 cm³/mol. The Morgan fingerprint density at radius 1 is 0.359 bits per heavy atom. The van der Waals surface area contributed by atoms with Gasteiger partial charge in [0, 0.05) is 6.61 Å². The Labute approximate surface area is 238 Å². The summed E-state index contributed by atoms with van der Waals surface area (Å²) in [6.07, 6.45) is -0.820. The number of rotatable bonds is 27. The van der Waals surface area contributed by atoms with Crippen LogP contribution in [0.3, 0.4) is 0 Å². The molecule has 10 heteroatoms. The van der Waals surface area contributed by atoms with Crippen molar-refractivity contribution in [1.82, 2.24) is 0 Å². The summed E-state index contributed by atoms with van der Waals surface area (Å²) in [6.45, 7) is 24.4. The first kappa shape index (κ1) is 38.6. The zero-order valence-electron chi connectivity index (χ0n) is 26.4. The fourth-order valence-corrected chi connectivity index (χ4v) is 3.07. The summed E-state index contributed by atoms with van der Waals surface area (Å²) in [5.41, 5.74) is 0. The third-order valence-electron chi connectivity index (χ3n) is 5.49. The molecule has 0 radical (unpaired) electrons. The minimum absolute atomic E-state index is 0.0152. The van der Waals surface area contributed by atoms with Gasteiger partial charge in [-0.05, 0) is 69.2 Å². The van der Waals surface area contributed by atoms with Crippen molar-refractivity contribution in [2.24, 2.45) is 0 Å². The monoisotopic (exact) mass is 568 g/mol. The van der Waals surface area contributed by atoms with Gasteiger partial charge < -0.3 is 47.7 Å². The summed E-state index contributed by atoms with van der Waals surface area (Å²) in [7, 11) is 0. The van der Waals surface area contributed by atoms with Crippen LogP contribution >= 0.6 is 0 Å². The largest absolute Gasteiger partial charge is 0.391 e. The molecule has 1 N–H and O–H groups in total. The molecule has 0 saturated carbocycles. The molecule has 0 heterocycles. The molecule has 0 spiro atoms. The molecule has 9 unspecified atom stereocenters. The van der Waals surface area contributed by atoms with E-state index in [2.05, 4.69) is 0 Å². The molecule has 10 nitrogen and oxygen atoms in total. The highest BCUT2D eigenvalue weighted by Crippen LogP contribution is 2.05. The van der Waals surface area contributed by atoms with Crippen LogP contribution < -0.4 is 0 Å². The summed E-state index contributed by atoms with van der Waals surface area (Å²) in [5.74, 6) is 0. The van der Waals surface area contributed by atoms with Crippen molar-refractivity contribution >= 4 is 0 Å². The maximum atomic E-state index is 9.27. The van der Waals surface area contributed by atoms with Crippen molar-refractivity contribution in [1.29, 1.82) is 0 Å². The smallest absolute Gasteiger partial charge is 0.0781 e. The third kappa shape index (κ3) is 25.1. The normalized spacial score (nSPS) is 19.2. The summed E-state index contributed by atoms with van der Waals surface area (Å²) >= 11 is 0. The molecular formula is C29H60O10. The van der Waals surface area contributed by atoms with Gasteiger partial charge in [-0.25, -0.2) is 0 Å². The van der Waals surface area contributed by atoms with E-state index in [1.807, 2.05) is 62.3 Å². The summed E-state index contributed by atoms with van der Waals surface area (Å²) in [5, 5.41) is 9.27. The first-order valence-electron chi connectivity index (χ1n) is 14.6. The van der Waals surface area contributed by atoms with Gasteiger partial charge in [-0.1, -0.05) is 0 Å². The lowest BCUT2D eigenvalue weighted by Gasteiger charge is -2.23. The Hall–Kier alpha value is -0.400. The Morgan fingerprint density at radius 3 is 0.769 bits per heavy atom. The third-order valence-corrected chi connectivity index (χ3v) is 5.49.